The number of methoxy groups -OCH3 is 2. The van der Waals surface area contributed by atoms with E-state index in [1.807, 2.05) is 46.8 Å². The molecule has 0 radical (unpaired) electrons. The van der Waals surface area contributed by atoms with Crippen molar-refractivity contribution in [2.45, 2.75) is 79.1 Å². The molecule has 0 saturated heterocycles. The van der Waals surface area contributed by atoms with Crippen LogP contribution in [0, 0.1) is 17.8 Å². The molecular formula is C32H46N2O8. The van der Waals surface area contributed by atoms with Gasteiger partial charge < -0.3 is 24.6 Å². The smallest absolute Gasteiger partial charge is 0.411 e. The van der Waals surface area contributed by atoms with E-state index >= 15 is 0 Å². The van der Waals surface area contributed by atoms with Crippen molar-refractivity contribution < 1.29 is 38.5 Å². The zero-order valence-corrected chi connectivity index (χ0v) is 26.0. The van der Waals surface area contributed by atoms with E-state index in [2.05, 4.69) is 10.6 Å². The van der Waals surface area contributed by atoms with Gasteiger partial charge in [0.15, 0.2) is 0 Å². The van der Waals surface area contributed by atoms with Crippen LogP contribution in [0.2, 0.25) is 0 Å². The van der Waals surface area contributed by atoms with Gasteiger partial charge in [-0.3, -0.25) is 19.7 Å². The summed E-state index contributed by atoms with van der Waals surface area (Å²) in [6, 6.07) is 0. The number of aliphatic hydroxyl groups excluding tert-OH is 1. The standard InChI is InChI=1S/C32H46N2O8/c1-18(2)17-42-32(39)34-28-24-14-20(4)15-27(41-8)29(36)22(6)12-19(3)13-23(40-7)11-9-10-21(5)31(38)33-25(30(24)37)16-26(28)35/h9-12,16,18,20,22-23,27,29,36H,13-15,17H2,1-8H3,(H,33,38)(H,34,39)/b11-9-,19-12+,21-10+/t20-,22+,23+,27+,29-/m1/s1. The Kier molecular flexibility index (Phi) is 13.6. The lowest BCUT2D eigenvalue weighted by Gasteiger charge is -2.29. The Balaban J connectivity index is 2.53. The number of carbonyl (C=O) groups excluding carboxylic acids is 4. The third kappa shape index (κ3) is 10.2. The molecule has 232 valence electrons. The van der Waals surface area contributed by atoms with Gasteiger partial charge in [-0.05, 0) is 44.9 Å². The number of hydrogen-bond donors (Lipinski definition) is 3. The summed E-state index contributed by atoms with van der Waals surface area (Å²) < 4.78 is 16.4. The summed E-state index contributed by atoms with van der Waals surface area (Å²) >= 11 is 0. The molecule has 0 fully saturated rings. The van der Waals surface area contributed by atoms with Gasteiger partial charge in [0.1, 0.15) is 0 Å². The molecule has 0 spiro atoms. The highest BCUT2D eigenvalue weighted by Gasteiger charge is 2.33. The summed E-state index contributed by atoms with van der Waals surface area (Å²) in [5, 5.41) is 16.1. The van der Waals surface area contributed by atoms with Crippen molar-refractivity contribution in [2.75, 3.05) is 20.8 Å². The molecule has 1 aliphatic carbocycles. The Morgan fingerprint density at radius 2 is 1.81 bits per heavy atom. The summed E-state index contributed by atoms with van der Waals surface area (Å²) in [6.07, 6.45) is 6.62. The number of ketones is 2. The van der Waals surface area contributed by atoms with Crippen LogP contribution in [0.3, 0.4) is 0 Å². The topological polar surface area (TPSA) is 140 Å². The largest absolute Gasteiger partial charge is 0.449 e. The number of amides is 2. The fourth-order valence-electron chi connectivity index (χ4n) is 4.82. The molecule has 2 aliphatic rings. The molecular weight excluding hydrogens is 540 g/mol. The fraction of sp³-hybridized carbons (Fsp3) is 0.562. The maximum absolute atomic E-state index is 13.6. The van der Waals surface area contributed by atoms with Gasteiger partial charge in [-0.25, -0.2) is 4.79 Å². The monoisotopic (exact) mass is 586 g/mol. The van der Waals surface area contributed by atoms with E-state index in [0.717, 1.165) is 11.6 Å². The molecule has 0 saturated carbocycles. The van der Waals surface area contributed by atoms with Crippen molar-refractivity contribution in [1.82, 2.24) is 10.6 Å². The van der Waals surface area contributed by atoms with Gasteiger partial charge in [0.05, 0.1) is 36.3 Å². The average Bonchev–Trinajstić information content (AvgIpc) is 2.93. The van der Waals surface area contributed by atoms with Crippen molar-refractivity contribution >= 4 is 23.6 Å². The van der Waals surface area contributed by atoms with Crippen molar-refractivity contribution in [2.24, 2.45) is 17.8 Å². The number of Topliss-reactive ketones (excluding diaryl/α,β-unsaturated/α-hetero) is 1. The zero-order chi connectivity index (χ0) is 31.6. The molecule has 1 aliphatic heterocycles. The van der Waals surface area contributed by atoms with Gasteiger partial charge in [-0.1, -0.05) is 57.6 Å². The van der Waals surface area contributed by atoms with Gasteiger partial charge in [0, 0.05) is 37.4 Å². The fourth-order valence-corrected chi connectivity index (χ4v) is 4.82. The Labute approximate surface area is 248 Å². The van der Waals surface area contributed by atoms with Crippen molar-refractivity contribution in [3.63, 3.8) is 0 Å². The minimum Gasteiger partial charge on any atom is -0.449 e. The van der Waals surface area contributed by atoms with E-state index in [9.17, 15) is 24.3 Å². The van der Waals surface area contributed by atoms with E-state index < -0.39 is 35.8 Å². The van der Waals surface area contributed by atoms with E-state index in [1.165, 1.54) is 7.11 Å². The predicted octanol–water partition coefficient (Wildman–Crippen LogP) is 4.07. The second-order valence-corrected chi connectivity index (χ2v) is 11.6. The van der Waals surface area contributed by atoms with Gasteiger partial charge in [0.25, 0.3) is 5.91 Å². The second kappa shape index (κ2) is 16.3. The Bertz CT molecular complexity index is 1180. The maximum Gasteiger partial charge on any atom is 0.411 e. The van der Waals surface area contributed by atoms with Crippen LogP contribution in [0.15, 0.2) is 58.5 Å². The Morgan fingerprint density at radius 1 is 1.12 bits per heavy atom. The first-order valence-electron chi connectivity index (χ1n) is 14.3. The molecule has 2 amide bonds. The highest BCUT2D eigenvalue weighted by atomic mass is 16.5. The zero-order valence-electron chi connectivity index (χ0n) is 26.0. The van der Waals surface area contributed by atoms with E-state index in [0.29, 0.717) is 18.4 Å². The van der Waals surface area contributed by atoms with Crippen LogP contribution in [-0.2, 0) is 28.6 Å². The molecule has 0 aromatic rings. The molecule has 2 rings (SSSR count). The van der Waals surface area contributed by atoms with Gasteiger partial charge in [0.2, 0.25) is 11.6 Å². The van der Waals surface area contributed by atoms with Crippen molar-refractivity contribution in [3.05, 3.63) is 58.5 Å². The number of alkyl carbamates (subject to hydrolysis) is 1. The van der Waals surface area contributed by atoms with Gasteiger partial charge in [-0.15, -0.1) is 0 Å². The third-order valence-electron chi connectivity index (χ3n) is 7.18. The van der Waals surface area contributed by atoms with E-state index in [4.69, 9.17) is 14.2 Å². The molecule has 0 unspecified atom stereocenters. The molecule has 10 nitrogen and oxygen atoms in total. The maximum atomic E-state index is 13.6. The summed E-state index contributed by atoms with van der Waals surface area (Å²) in [5.74, 6) is -2.19. The summed E-state index contributed by atoms with van der Waals surface area (Å²) in [7, 11) is 3.11. The SMILES string of the molecule is CO[C@H]1C[C@H](C)CC2=C(NC(=O)OCC(C)C)C(=O)C=C(NC(=O)/C(C)=C/C=C\[C@H](OC)C/C(C)=C/[C@H](C)[C@H]1O)C2=O. The lowest BCUT2D eigenvalue weighted by atomic mass is 9.85. The van der Waals surface area contributed by atoms with E-state index in [-0.39, 0.29) is 53.9 Å². The van der Waals surface area contributed by atoms with Crippen LogP contribution >= 0.6 is 0 Å². The highest BCUT2D eigenvalue weighted by Crippen LogP contribution is 2.28. The summed E-state index contributed by atoms with van der Waals surface area (Å²) in [4.78, 5) is 52.2. The molecule has 0 aromatic heterocycles. The van der Waals surface area contributed by atoms with Gasteiger partial charge >= 0.3 is 6.09 Å². The number of ether oxygens (including phenoxy) is 3. The quantitative estimate of drug-likeness (QED) is 0.324. The molecule has 2 bridgehead atoms. The molecule has 42 heavy (non-hydrogen) atoms. The van der Waals surface area contributed by atoms with Crippen LogP contribution < -0.4 is 10.6 Å². The number of allylic oxidation sites excluding steroid dienone is 4. The van der Waals surface area contributed by atoms with E-state index in [1.54, 1.807) is 26.2 Å². The third-order valence-corrected chi connectivity index (χ3v) is 7.18. The lowest BCUT2D eigenvalue weighted by molar-refractivity contribution is -0.120. The van der Waals surface area contributed by atoms with Gasteiger partial charge in [-0.2, -0.15) is 0 Å². The first-order chi connectivity index (χ1) is 19.8. The van der Waals surface area contributed by atoms with Crippen LogP contribution in [0.5, 0.6) is 0 Å². The first-order valence-corrected chi connectivity index (χ1v) is 14.3. The molecule has 1 heterocycles. The minimum atomic E-state index is -0.850. The Hall–Kier alpha value is -3.34. The highest BCUT2D eigenvalue weighted by molar-refractivity contribution is 6.24. The number of aliphatic hydroxyl groups is 1. The molecule has 5 atom stereocenters. The number of fused-ring (bicyclic) bond motifs is 2. The minimum absolute atomic E-state index is 0.0438. The number of hydrogen-bond acceptors (Lipinski definition) is 8. The summed E-state index contributed by atoms with van der Waals surface area (Å²) in [6.45, 7) is 11.2. The van der Waals surface area contributed by atoms with Crippen LogP contribution in [0.4, 0.5) is 4.79 Å². The first kappa shape index (κ1) is 34.9. The van der Waals surface area contributed by atoms with Crippen LogP contribution in [-0.4, -0.2) is 67.8 Å². The number of nitrogens with one attached hydrogen (secondary N) is 2. The average molecular weight is 587 g/mol. The number of rotatable bonds is 5. The normalized spacial score (nSPS) is 30.1. The van der Waals surface area contributed by atoms with Crippen LogP contribution in [0.1, 0.15) is 60.8 Å². The lowest BCUT2D eigenvalue weighted by Crippen LogP contribution is -2.38. The van der Waals surface area contributed by atoms with Crippen molar-refractivity contribution in [1.29, 1.82) is 0 Å². The molecule has 10 heteroatoms. The molecule has 3 N–H and O–H groups in total. The second-order valence-electron chi connectivity index (χ2n) is 11.6. The van der Waals surface area contributed by atoms with Crippen LogP contribution in [0.25, 0.3) is 0 Å². The molecule has 0 aromatic carbocycles. The predicted molar refractivity (Wildman–Crippen MR) is 159 cm³/mol. The summed E-state index contributed by atoms with van der Waals surface area (Å²) in [5.41, 5.74) is 1.00. The number of carbonyl (C=O) groups is 4. The van der Waals surface area contributed by atoms with Crippen molar-refractivity contribution in [3.8, 4) is 0 Å². The Morgan fingerprint density at radius 3 is 2.43 bits per heavy atom.